The van der Waals surface area contributed by atoms with Crippen molar-refractivity contribution in [3.8, 4) is 0 Å². The van der Waals surface area contributed by atoms with Gasteiger partial charge in [-0.25, -0.2) is 4.68 Å². The molecule has 0 atom stereocenters. The van der Waals surface area contributed by atoms with Gasteiger partial charge in [0.1, 0.15) is 0 Å². The van der Waals surface area contributed by atoms with Crippen LogP contribution in [0, 0.1) is 6.92 Å². The fourth-order valence-electron chi connectivity index (χ4n) is 2.01. The number of nitrogen functional groups attached to an aromatic ring is 1. The number of hydrogen-bond donors (Lipinski definition) is 1. The summed E-state index contributed by atoms with van der Waals surface area (Å²) in [6, 6.07) is 0. The van der Waals surface area contributed by atoms with Crippen molar-refractivity contribution >= 4 is 11.5 Å². The van der Waals surface area contributed by atoms with Crippen LogP contribution in [0.3, 0.4) is 0 Å². The Morgan fingerprint density at radius 3 is 2.26 bits per heavy atom. The van der Waals surface area contributed by atoms with Gasteiger partial charge in [-0.1, -0.05) is 6.92 Å². The predicted octanol–water partition coefficient (Wildman–Crippen LogP) is 1.28. The highest BCUT2D eigenvalue weighted by molar-refractivity contribution is 5.66. The Morgan fingerprint density at radius 2 is 1.79 bits per heavy atom. The van der Waals surface area contributed by atoms with Gasteiger partial charge in [-0.05, 0) is 13.3 Å². The van der Waals surface area contributed by atoms with E-state index in [-0.39, 0.29) is 0 Å². The van der Waals surface area contributed by atoms with Crippen molar-refractivity contribution in [1.82, 2.24) is 9.78 Å². The first-order valence-electron chi connectivity index (χ1n) is 6.71. The summed E-state index contributed by atoms with van der Waals surface area (Å²) in [5, 5.41) is 4.51. The number of methoxy groups -OCH3 is 2. The van der Waals surface area contributed by atoms with Crippen LogP contribution in [0.25, 0.3) is 0 Å². The summed E-state index contributed by atoms with van der Waals surface area (Å²) in [7, 11) is 3.40. The number of nitrogens with zero attached hydrogens (tertiary/aromatic N) is 3. The minimum Gasteiger partial charge on any atom is -0.394 e. The molecule has 0 aliphatic carbocycles. The van der Waals surface area contributed by atoms with E-state index in [4.69, 9.17) is 15.2 Å². The summed E-state index contributed by atoms with van der Waals surface area (Å²) >= 11 is 0. The molecule has 0 fully saturated rings. The lowest BCUT2D eigenvalue weighted by Crippen LogP contribution is -2.33. The molecule has 0 saturated heterocycles. The van der Waals surface area contributed by atoms with Crippen molar-refractivity contribution in [3.63, 3.8) is 0 Å². The summed E-state index contributed by atoms with van der Waals surface area (Å²) in [4.78, 5) is 2.18. The maximum atomic E-state index is 6.17. The largest absolute Gasteiger partial charge is 0.394 e. The first kappa shape index (κ1) is 15.8. The molecular formula is C13H26N4O2. The molecule has 0 unspecified atom stereocenters. The van der Waals surface area contributed by atoms with Crippen LogP contribution in [0.15, 0.2) is 0 Å². The third-order valence-electron chi connectivity index (χ3n) is 3.01. The van der Waals surface area contributed by atoms with Gasteiger partial charge in [0.25, 0.3) is 0 Å². The normalized spacial score (nSPS) is 10.9. The number of nitrogens with two attached hydrogens (primary N) is 1. The molecule has 110 valence electrons. The second-order valence-corrected chi connectivity index (χ2v) is 4.52. The maximum absolute atomic E-state index is 6.17. The highest BCUT2D eigenvalue weighted by atomic mass is 16.5. The van der Waals surface area contributed by atoms with Gasteiger partial charge in [0.15, 0.2) is 5.82 Å². The van der Waals surface area contributed by atoms with Gasteiger partial charge >= 0.3 is 0 Å². The average Bonchev–Trinajstić information content (AvgIpc) is 2.67. The van der Waals surface area contributed by atoms with E-state index < -0.39 is 0 Å². The minimum atomic E-state index is 0.652. The lowest BCUT2D eigenvalue weighted by atomic mass is 10.3. The molecule has 0 saturated carbocycles. The highest BCUT2D eigenvalue weighted by Crippen LogP contribution is 2.26. The van der Waals surface area contributed by atoms with Crippen LogP contribution in [0.1, 0.15) is 19.0 Å². The molecule has 0 bridgehead atoms. The van der Waals surface area contributed by atoms with E-state index in [2.05, 4.69) is 16.9 Å². The van der Waals surface area contributed by atoms with Gasteiger partial charge in [-0.15, -0.1) is 0 Å². The summed E-state index contributed by atoms with van der Waals surface area (Å²) < 4.78 is 12.3. The van der Waals surface area contributed by atoms with Crippen molar-refractivity contribution in [3.05, 3.63) is 5.69 Å². The molecule has 1 rings (SSSR count). The first-order chi connectivity index (χ1) is 9.15. The van der Waals surface area contributed by atoms with E-state index in [1.54, 1.807) is 14.2 Å². The maximum Gasteiger partial charge on any atom is 0.150 e. The molecule has 0 aromatic carbocycles. The number of anilines is 2. The number of rotatable bonds is 9. The highest BCUT2D eigenvalue weighted by Gasteiger charge is 2.18. The van der Waals surface area contributed by atoms with Crippen LogP contribution in [-0.2, 0) is 16.0 Å². The molecule has 1 heterocycles. The topological polar surface area (TPSA) is 65.5 Å². The molecule has 6 heteroatoms. The second kappa shape index (κ2) is 8.01. The summed E-state index contributed by atoms with van der Waals surface area (Å²) in [6.45, 7) is 7.79. The van der Waals surface area contributed by atoms with Gasteiger partial charge in [-0.2, -0.15) is 5.10 Å². The number of hydrogen-bond acceptors (Lipinski definition) is 5. The second-order valence-electron chi connectivity index (χ2n) is 4.52. The molecule has 0 radical (unpaired) electrons. The van der Waals surface area contributed by atoms with Crippen LogP contribution < -0.4 is 10.6 Å². The molecule has 0 aliphatic heterocycles. The van der Waals surface area contributed by atoms with Crippen molar-refractivity contribution in [2.24, 2.45) is 0 Å². The smallest absolute Gasteiger partial charge is 0.150 e. The number of aromatic nitrogens is 2. The SMILES string of the molecule is CCCn1nc(C)c(N)c1N(CCOC)CCOC. The Balaban J connectivity index is 2.97. The average molecular weight is 270 g/mol. The Morgan fingerprint density at radius 1 is 1.21 bits per heavy atom. The Hall–Kier alpha value is -1.27. The van der Waals surface area contributed by atoms with Crippen molar-refractivity contribution < 1.29 is 9.47 Å². The summed E-state index contributed by atoms with van der Waals surface area (Å²) in [6.07, 6.45) is 1.02. The zero-order valence-corrected chi connectivity index (χ0v) is 12.5. The molecule has 2 N–H and O–H groups in total. The van der Waals surface area contributed by atoms with E-state index in [0.29, 0.717) is 13.2 Å². The standard InChI is InChI=1S/C13H26N4O2/c1-5-6-17-13(12(14)11(2)15-17)16(7-9-18-3)8-10-19-4/h5-10,14H2,1-4H3. The molecular weight excluding hydrogens is 244 g/mol. The van der Waals surface area contributed by atoms with E-state index >= 15 is 0 Å². The summed E-state index contributed by atoms with van der Waals surface area (Å²) in [5.74, 6) is 0.980. The minimum absolute atomic E-state index is 0.652. The van der Waals surface area contributed by atoms with Crippen molar-refractivity contribution in [2.45, 2.75) is 26.8 Å². The Bertz CT molecular complexity index is 371. The number of ether oxygens (including phenoxy) is 2. The molecule has 1 aromatic rings. The third-order valence-corrected chi connectivity index (χ3v) is 3.01. The molecule has 0 aliphatic rings. The van der Waals surface area contributed by atoms with E-state index in [1.807, 2.05) is 11.6 Å². The first-order valence-corrected chi connectivity index (χ1v) is 6.71. The van der Waals surface area contributed by atoms with Crippen molar-refractivity contribution in [1.29, 1.82) is 0 Å². The van der Waals surface area contributed by atoms with Crippen LogP contribution >= 0.6 is 0 Å². The van der Waals surface area contributed by atoms with Crippen LogP contribution in [0.4, 0.5) is 11.5 Å². The van der Waals surface area contributed by atoms with Crippen LogP contribution in [0.2, 0.25) is 0 Å². The molecule has 19 heavy (non-hydrogen) atoms. The monoisotopic (exact) mass is 270 g/mol. The van der Waals surface area contributed by atoms with Gasteiger partial charge in [-0.3, -0.25) is 0 Å². The third kappa shape index (κ3) is 4.11. The van der Waals surface area contributed by atoms with Crippen LogP contribution in [-0.4, -0.2) is 50.3 Å². The fraction of sp³-hybridized carbons (Fsp3) is 0.769. The van der Waals surface area contributed by atoms with Gasteiger partial charge < -0.3 is 20.1 Å². The quantitative estimate of drug-likeness (QED) is 0.732. The molecule has 6 nitrogen and oxygen atoms in total. The van der Waals surface area contributed by atoms with Crippen LogP contribution in [0.5, 0.6) is 0 Å². The van der Waals surface area contributed by atoms with E-state index in [9.17, 15) is 0 Å². The molecule has 0 spiro atoms. The van der Waals surface area contributed by atoms with E-state index in [1.165, 1.54) is 0 Å². The van der Waals surface area contributed by atoms with Gasteiger partial charge in [0, 0.05) is 33.9 Å². The van der Waals surface area contributed by atoms with Gasteiger partial charge in [0.05, 0.1) is 24.6 Å². The lowest BCUT2D eigenvalue weighted by molar-refractivity contribution is 0.189. The number of aryl methyl sites for hydroxylation is 2. The van der Waals surface area contributed by atoms with Crippen molar-refractivity contribution in [2.75, 3.05) is 51.2 Å². The lowest BCUT2D eigenvalue weighted by Gasteiger charge is -2.25. The fourth-order valence-corrected chi connectivity index (χ4v) is 2.01. The van der Waals surface area contributed by atoms with E-state index in [0.717, 1.165) is 43.3 Å². The Kier molecular flexibility index (Phi) is 6.66. The molecule has 1 aromatic heterocycles. The Labute approximate surface area is 115 Å². The molecule has 0 amide bonds. The zero-order valence-electron chi connectivity index (χ0n) is 12.5. The zero-order chi connectivity index (χ0) is 14.3. The predicted molar refractivity (Wildman–Crippen MR) is 77.6 cm³/mol. The summed E-state index contributed by atoms with van der Waals surface area (Å²) in [5.41, 5.74) is 7.80. The van der Waals surface area contributed by atoms with Gasteiger partial charge in [0.2, 0.25) is 0 Å².